The van der Waals surface area contributed by atoms with Gasteiger partial charge in [0, 0.05) is 18.1 Å². The van der Waals surface area contributed by atoms with E-state index in [0.29, 0.717) is 11.6 Å². The summed E-state index contributed by atoms with van der Waals surface area (Å²) in [5, 5.41) is 4.84. The van der Waals surface area contributed by atoms with E-state index < -0.39 is 0 Å². The monoisotopic (exact) mass is 316 g/mol. The number of fused-ring (bicyclic) bond motifs is 1. The summed E-state index contributed by atoms with van der Waals surface area (Å²) < 4.78 is 0. The van der Waals surface area contributed by atoms with E-state index in [-0.39, 0.29) is 5.38 Å². The van der Waals surface area contributed by atoms with Crippen molar-refractivity contribution in [2.24, 2.45) is 0 Å². The summed E-state index contributed by atoms with van der Waals surface area (Å²) in [5.41, 5.74) is 2.88. The van der Waals surface area contributed by atoms with Crippen LogP contribution in [0.2, 0.25) is 5.02 Å². The molecule has 0 aliphatic rings. The van der Waals surface area contributed by atoms with Gasteiger partial charge in [-0.1, -0.05) is 60.1 Å². The zero-order valence-corrected chi connectivity index (χ0v) is 12.8. The number of hydrogen-bond acceptors (Lipinski definition) is 2. The molecule has 0 saturated carbocycles. The van der Waals surface area contributed by atoms with Crippen molar-refractivity contribution in [1.82, 2.24) is 4.98 Å². The largest absolute Gasteiger partial charge is 0.381 e. The number of pyridine rings is 1. The molecule has 1 N–H and O–H groups in total. The number of halogens is 2. The van der Waals surface area contributed by atoms with Crippen molar-refractivity contribution in [3.8, 4) is 0 Å². The average molecular weight is 317 g/mol. The fourth-order valence-corrected chi connectivity index (χ4v) is 2.71. The number of nitrogens with one attached hydrogen (secondary N) is 1. The van der Waals surface area contributed by atoms with Crippen LogP contribution in [0.5, 0.6) is 0 Å². The molecule has 1 heterocycles. The SMILES string of the molecule is Clc1cnc2ccccc2c1NCC(Cl)c1ccccc1. The van der Waals surface area contributed by atoms with Crippen molar-refractivity contribution >= 4 is 39.8 Å². The van der Waals surface area contributed by atoms with Gasteiger partial charge >= 0.3 is 0 Å². The molecule has 1 atom stereocenters. The van der Waals surface area contributed by atoms with Crippen LogP contribution in [0.1, 0.15) is 10.9 Å². The minimum atomic E-state index is -0.116. The van der Waals surface area contributed by atoms with Gasteiger partial charge in [-0.25, -0.2) is 0 Å². The van der Waals surface area contributed by atoms with Gasteiger partial charge in [-0.05, 0) is 11.6 Å². The highest BCUT2D eigenvalue weighted by atomic mass is 35.5. The van der Waals surface area contributed by atoms with Crippen LogP contribution in [-0.4, -0.2) is 11.5 Å². The molecule has 1 unspecified atom stereocenters. The second kappa shape index (κ2) is 6.33. The first-order chi connectivity index (χ1) is 10.3. The fourth-order valence-electron chi connectivity index (χ4n) is 2.27. The minimum absolute atomic E-state index is 0.116. The molecule has 0 amide bonds. The summed E-state index contributed by atoms with van der Waals surface area (Å²) in [5.74, 6) is 0. The molecule has 3 rings (SSSR count). The first-order valence-corrected chi connectivity index (χ1v) is 7.53. The van der Waals surface area contributed by atoms with E-state index in [9.17, 15) is 0 Å². The van der Waals surface area contributed by atoms with Crippen LogP contribution in [0.15, 0.2) is 60.8 Å². The molecule has 0 radical (unpaired) electrons. The van der Waals surface area contributed by atoms with Crippen molar-refractivity contribution < 1.29 is 0 Å². The van der Waals surface area contributed by atoms with Gasteiger partial charge in [0.1, 0.15) is 0 Å². The molecular weight excluding hydrogens is 303 g/mol. The highest BCUT2D eigenvalue weighted by molar-refractivity contribution is 6.34. The molecule has 2 aromatic carbocycles. The number of benzene rings is 2. The first kappa shape index (κ1) is 14.2. The van der Waals surface area contributed by atoms with Gasteiger partial charge in [0.2, 0.25) is 0 Å². The molecule has 3 aromatic rings. The standard InChI is InChI=1S/C17H14Cl2N2/c18-14(12-6-2-1-3-7-12)10-21-17-13-8-4-5-9-16(13)20-11-15(17)19/h1-9,11,14H,10H2,(H,20,21). The Kier molecular flexibility index (Phi) is 4.28. The van der Waals surface area contributed by atoms with Crippen molar-refractivity contribution in [2.75, 3.05) is 11.9 Å². The molecule has 106 valence electrons. The number of hydrogen-bond donors (Lipinski definition) is 1. The summed E-state index contributed by atoms with van der Waals surface area (Å²) in [6.45, 7) is 0.597. The van der Waals surface area contributed by atoms with Gasteiger partial charge in [-0.2, -0.15) is 0 Å². The van der Waals surface area contributed by atoms with Gasteiger partial charge in [0.05, 0.1) is 21.6 Å². The molecule has 0 bridgehead atoms. The predicted octanol–water partition coefficient (Wildman–Crippen LogP) is 5.28. The van der Waals surface area contributed by atoms with Gasteiger partial charge in [-0.15, -0.1) is 11.6 Å². The minimum Gasteiger partial charge on any atom is -0.381 e. The third-order valence-electron chi connectivity index (χ3n) is 3.35. The van der Waals surface area contributed by atoms with Gasteiger partial charge in [0.25, 0.3) is 0 Å². The zero-order chi connectivity index (χ0) is 14.7. The van der Waals surface area contributed by atoms with Crippen molar-refractivity contribution in [1.29, 1.82) is 0 Å². The Balaban J connectivity index is 1.84. The topological polar surface area (TPSA) is 24.9 Å². The Labute approximate surface area is 133 Å². The molecule has 21 heavy (non-hydrogen) atoms. The van der Waals surface area contributed by atoms with Crippen LogP contribution in [0, 0.1) is 0 Å². The maximum atomic E-state index is 6.44. The summed E-state index contributed by atoms with van der Waals surface area (Å²) in [6.07, 6.45) is 1.66. The maximum absolute atomic E-state index is 6.44. The Morgan fingerprint density at radius 3 is 2.52 bits per heavy atom. The average Bonchev–Trinajstić information content (AvgIpc) is 2.54. The van der Waals surface area contributed by atoms with Crippen LogP contribution < -0.4 is 5.32 Å². The lowest BCUT2D eigenvalue weighted by molar-refractivity contribution is 0.979. The second-order valence-corrected chi connectivity index (χ2v) is 5.69. The van der Waals surface area contributed by atoms with Crippen LogP contribution in [0.4, 0.5) is 5.69 Å². The van der Waals surface area contributed by atoms with E-state index in [0.717, 1.165) is 22.2 Å². The highest BCUT2D eigenvalue weighted by Crippen LogP contribution is 2.30. The van der Waals surface area contributed by atoms with Crippen molar-refractivity contribution in [2.45, 2.75) is 5.38 Å². The Morgan fingerprint density at radius 1 is 1.00 bits per heavy atom. The third-order valence-corrected chi connectivity index (χ3v) is 4.04. The normalized spacial score (nSPS) is 12.3. The lowest BCUT2D eigenvalue weighted by Gasteiger charge is -2.15. The molecule has 2 nitrogen and oxygen atoms in total. The molecule has 0 spiro atoms. The summed E-state index contributed by atoms with van der Waals surface area (Å²) in [7, 11) is 0. The van der Waals surface area contributed by atoms with E-state index in [4.69, 9.17) is 23.2 Å². The predicted molar refractivity (Wildman–Crippen MR) is 90.3 cm³/mol. The van der Waals surface area contributed by atoms with Crippen LogP contribution in [-0.2, 0) is 0 Å². The molecule has 4 heteroatoms. The van der Waals surface area contributed by atoms with E-state index in [1.54, 1.807) is 6.20 Å². The van der Waals surface area contributed by atoms with Gasteiger partial charge < -0.3 is 5.32 Å². The fraction of sp³-hybridized carbons (Fsp3) is 0.118. The summed E-state index contributed by atoms with van der Waals surface area (Å²) >= 11 is 12.7. The van der Waals surface area contributed by atoms with Crippen molar-refractivity contribution in [3.05, 3.63) is 71.4 Å². The Hall–Kier alpha value is -1.77. The van der Waals surface area contributed by atoms with E-state index in [1.165, 1.54) is 0 Å². The molecule has 0 fully saturated rings. The molecule has 0 aliphatic carbocycles. The number of alkyl halides is 1. The molecule has 0 aliphatic heterocycles. The highest BCUT2D eigenvalue weighted by Gasteiger charge is 2.11. The lowest BCUT2D eigenvalue weighted by Crippen LogP contribution is -2.09. The van der Waals surface area contributed by atoms with Crippen LogP contribution in [0.3, 0.4) is 0 Å². The second-order valence-electron chi connectivity index (χ2n) is 4.76. The zero-order valence-electron chi connectivity index (χ0n) is 11.3. The van der Waals surface area contributed by atoms with Gasteiger partial charge in [-0.3, -0.25) is 4.98 Å². The number of para-hydroxylation sites is 1. The van der Waals surface area contributed by atoms with E-state index in [1.807, 2.05) is 54.6 Å². The first-order valence-electron chi connectivity index (χ1n) is 6.72. The third kappa shape index (κ3) is 3.12. The number of rotatable bonds is 4. The van der Waals surface area contributed by atoms with E-state index >= 15 is 0 Å². The van der Waals surface area contributed by atoms with Crippen molar-refractivity contribution in [3.63, 3.8) is 0 Å². The Morgan fingerprint density at radius 2 is 1.71 bits per heavy atom. The quantitative estimate of drug-likeness (QED) is 0.662. The number of anilines is 1. The number of nitrogens with zero attached hydrogens (tertiary/aromatic N) is 1. The summed E-state index contributed by atoms with van der Waals surface area (Å²) in [4.78, 5) is 4.32. The Bertz CT molecular complexity index is 744. The number of aromatic nitrogens is 1. The maximum Gasteiger partial charge on any atom is 0.0827 e. The summed E-state index contributed by atoms with van der Waals surface area (Å²) in [6, 6.07) is 17.9. The molecule has 1 aromatic heterocycles. The molecular formula is C17H14Cl2N2. The van der Waals surface area contributed by atoms with Crippen LogP contribution in [0.25, 0.3) is 10.9 Å². The van der Waals surface area contributed by atoms with Crippen LogP contribution >= 0.6 is 23.2 Å². The van der Waals surface area contributed by atoms with Gasteiger partial charge in [0.15, 0.2) is 0 Å². The van der Waals surface area contributed by atoms with E-state index in [2.05, 4.69) is 10.3 Å². The lowest BCUT2D eigenvalue weighted by atomic mass is 10.1. The smallest absolute Gasteiger partial charge is 0.0827 e. The molecule has 0 saturated heterocycles.